The molecule has 154 valence electrons. The van der Waals surface area contributed by atoms with E-state index < -0.39 is 0 Å². The van der Waals surface area contributed by atoms with E-state index in [4.69, 9.17) is 9.72 Å². The van der Waals surface area contributed by atoms with Gasteiger partial charge >= 0.3 is 0 Å². The van der Waals surface area contributed by atoms with Gasteiger partial charge in [-0.2, -0.15) is 0 Å². The van der Waals surface area contributed by atoms with Crippen LogP contribution in [0.3, 0.4) is 0 Å². The summed E-state index contributed by atoms with van der Waals surface area (Å²) in [5.41, 5.74) is 2.33. The molecule has 2 fully saturated rings. The maximum Gasteiger partial charge on any atom is 0.217 e. The Morgan fingerprint density at radius 2 is 1.90 bits per heavy atom. The lowest BCUT2D eigenvalue weighted by atomic mass is 10.0. The van der Waals surface area contributed by atoms with Gasteiger partial charge in [-0.15, -0.1) is 0 Å². The standard InChI is InChI=1S/C24H31N3O2/c1-17(25-18(2)28)19-10-12-21(13-11-19)29-22-14-15-27(16-22)24-9-5-8-23(26-24)20-6-3-4-7-20/h5,8-13,17,20,22H,3-4,6-7,14-16H2,1-2H3,(H,25,28)/t17-,22+/m0/s1. The summed E-state index contributed by atoms with van der Waals surface area (Å²) in [5.74, 6) is 2.58. The second kappa shape index (κ2) is 8.85. The molecule has 2 aromatic rings. The normalized spacial score (nSPS) is 20.6. The van der Waals surface area contributed by atoms with Gasteiger partial charge < -0.3 is 15.0 Å². The van der Waals surface area contributed by atoms with E-state index in [2.05, 4.69) is 28.4 Å². The fourth-order valence-electron chi connectivity index (χ4n) is 4.51. The molecule has 2 aliphatic rings. The van der Waals surface area contributed by atoms with Gasteiger partial charge in [-0.05, 0) is 49.6 Å². The Labute approximate surface area is 173 Å². The van der Waals surface area contributed by atoms with E-state index in [9.17, 15) is 4.79 Å². The number of nitrogens with zero attached hydrogens (tertiary/aromatic N) is 2. The molecule has 2 atom stereocenters. The molecule has 1 aliphatic heterocycles. The number of anilines is 1. The number of amides is 1. The van der Waals surface area contributed by atoms with E-state index in [0.717, 1.165) is 36.6 Å². The molecule has 1 amide bonds. The van der Waals surface area contributed by atoms with Crippen LogP contribution in [0, 0.1) is 0 Å². The second-order valence-electron chi connectivity index (χ2n) is 8.37. The summed E-state index contributed by atoms with van der Waals surface area (Å²) in [6.07, 6.45) is 6.39. The Bertz CT molecular complexity index is 830. The zero-order valence-corrected chi connectivity index (χ0v) is 17.4. The maximum absolute atomic E-state index is 11.2. The Hall–Kier alpha value is -2.56. The number of nitrogens with one attached hydrogen (secondary N) is 1. The van der Waals surface area contributed by atoms with Crippen LogP contribution in [0.5, 0.6) is 5.75 Å². The van der Waals surface area contributed by atoms with Gasteiger partial charge in [0.2, 0.25) is 5.91 Å². The van der Waals surface area contributed by atoms with Gasteiger partial charge in [0.15, 0.2) is 0 Å². The van der Waals surface area contributed by atoms with Crippen molar-refractivity contribution in [3.63, 3.8) is 0 Å². The highest BCUT2D eigenvalue weighted by atomic mass is 16.5. The van der Waals surface area contributed by atoms with Gasteiger partial charge in [-0.3, -0.25) is 4.79 Å². The number of carbonyl (C=O) groups excluding carboxylic acids is 1. The van der Waals surface area contributed by atoms with Crippen molar-refractivity contribution in [3.8, 4) is 5.75 Å². The van der Waals surface area contributed by atoms with Crippen LogP contribution >= 0.6 is 0 Å². The molecule has 1 saturated heterocycles. The van der Waals surface area contributed by atoms with Gasteiger partial charge in [-0.25, -0.2) is 4.98 Å². The molecule has 29 heavy (non-hydrogen) atoms. The SMILES string of the molecule is CC(=O)N[C@@H](C)c1ccc(O[C@@H]2CCN(c3cccc(C4CCCC4)n3)C2)cc1. The first kappa shape index (κ1) is 19.7. The number of carbonyl (C=O) groups is 1. The molecule has 2 heterocycles. The fraction of sp³-hybridized carbons (Fsp3) is 0.500. The molecule has 1 N–H and O–H groups in total. The first-order valence-electron chi connectivity index (χ1n) is 10.8. The van der Waals surface area contributed by atoms with Crippen molar-refractivity contribution in [1.82, 2.24) is 10.3 Å². The quantitative estimate of drug-likeness (QED) is 0.780. The molecular weight excluding hydrogens is 362 g/mol. The van der Waals surface area contributed by atoms with Crippen LogP contribution < -0.4 is 15.0 Å². The number of pyridine rings is 1. The third-order valence-electron chi connectivity index (χ3n) is 6.10. The van der Waals surface area contributed by atoms with Gasteiger partial charge in [0, 0.05) is 31.5 Å². The predicted octanol–water partition coefficient (Wildman–Crippen LogP) is 4.59. The predicted molar refractivity (Wildman–Crippen MR) is 115 cm³/mol. The first-order valence-corrected chi connectivity index (χ1v) is 10.8. The molecule has 4 rings (SSSR count). The number of ether oxygens (including phenoxy) is 1. The van der Waals surface area contributed by atoms with Crippen molar-refractivity contribution in [2.24, 2.45) is 0 Å². The molecule has 5 nitrogen and oxygen atoms in total. The van der Waals surface area contributed by atoms with Crippen LogP contribution in [0.15, 0.2) is 42.5 Å². The third kappa shape index (κ3) is 4.89. The first-order chi connectivity index (χ1) is 14.1. The summed E-state index contributed by atoms with van der Waals surface area (Å²) >= 11 is 0. The average molecular weight is 394 g/mol. The minimum absolute atomic E-state index is 0.00161. The summed E-state index contributed by atoms with van der Waals surface area (Å²) < 4.78 is 6.22. The van der Waals surface area contributed by atoms with Crippen LogP contribution in [0.2, 0.25) is 0 Å². The van der Waals surface area contributed by atoms with Crippen molar-refractivity contribution in [2.45, 2.75) is 64.0 Å². The van der Waals surface area contributed by atoms with Crippen LogP contribution in [0.25, 0.3) is 0 Å². The number of hydrogen-bond acceptors (Lipinski definition) is 4. The summed E-state index contributed by atoms with van der Waals surface area (Å²) in [4.78, 5) is 18.5. The van der Waals surface area contributed by atoms with Gasteiger partial charge in [0.05, 0.1) is 12.6 Å². The summed E-state index contributed by atoms with van der Waals surface area (Å²) in [7, 11) is 0. The lowest BCUT2D eigenvalue weighted by molar-refractivity contribution is -0.119. The molecule has 1 aromatic heterocycles. The van der Waals surface area contributed by atoms with E-state index in [1.54, 1.807) is 0 Å². The minimum atomic E-state index is -0.0190. The largest absolute Gasteiger partial charge is 0.489 e. The third-order valence-corrected chi connectivity index (χ3v) is 6.10. The van der Waals surface area contributed by atoms with E-state index in [0.29, 0.717) is 5.92 Å². The molecule has 1 aliphatic carbocycles. The van der Waals surface area contributed by atoms with E-state index >= 15 is 0 Å². The zero-order chi connectivity index (χ0) is 20.2. The number of aromatic nitrogens is 1. The smallest absolute Gasteiger partial charge is 0.217 e. The molecule has 0 radical (unpaired) electrons. The number of rotatable bonds is 6. The Morgan fingerprint density at radius 1 is 1.14 bits per heavy atom. The summed E-state index contributed by atoms with van der Waals surface area (Å²) in [6, 6.07) is 14.5. The summed E-state index contributed by atoms with van der Waals surface area (Å²) in [5, 5.41) is 2.91. The van der Waals surface area contributed by atoms with Crippen LogP contribution in [0.4, 0.5) is 5.82 Å². The van der Waals surface area contributed by atoms with Crippen LogP contribution in [-0.2, 0) is 4.79 Å². The average Bonchev–Trinajstić information content (AvgIpc) is 3.40. The maximum atomic E-state index is 11.2. The van der Waals surface area contributed by atoms with Crippen molar-refractivity contribution < 1.29 is 9.53 Å². The van der Waals surface area contributed by atoms with Crippen molar-refractivity contribution >= 4 is 11.7 Å². The number of benzene rings is 1. The molecule has 0 unspecified atom stereocenters. The Kier molecular flexibility index (Phi) is 6.02. The fourth-order valence-corrected chi connectivity index (χ4v) is 4.51. The lowest BCUT2D eigenvalue weighted by Gasteiger charge is -2.20. The van der Waals surface area contributed by atoms with Gasteiger partial charge in [-0.1, -0.05) is 31.0 Å². The minimum Gasteiger partial charge on any atom is -0.489 e. The molecule has 5 heteroatoms. The molecule has 1 saturated carbocycles. The highest BCUT2D eigenvalue weighted by Crippen LogP contribution is 2.34. The Morgan fingerprint density at radius 3 is 2.62 bits per heavy atom. The van der Waals surface area contributed by atoms with E-state index in [-0.39, 0.29) is 18.1 Å². The second-order valence-corrected chi connectivity index (χ2v) is 8.37. The Balaban J connectivity index is 1.34. The van der Waals surface area contributed by atoms with Crippen LogP contribution in [0.1, 0.15) is 69.2 Å². The van der Waals surface area contributed by atoms with Crippen molar-refractivity contribution in [1.29, 1.82) is 0 Å². The number of hydrogen-bond donors (Lipinski definition) is 1. The zero-order valence-electron chi connectivity index (χ0n) is 17.4. The molecule has 1 aromatic carbocycles. The van der Waals surface area contributed by atoms with E-state index in [1.165, 1.54) is 38.3 Å². The molecule has 0 bridgehead atoms. The molecule has 0 spiro atoms. The van der Waals surface area contributed by atoms with Crippen molar-refractivity contribution in [3.05, 3.63) is 53.7 Å². The van der Waals surface area contributed by atoms with Crippen LogP contribution in [-0.4, -0.2) is 30.1 Å². The highest BCUT2D eigenvalue weighted by molar-refractivity contribution is 5.73. The van der Waals surface area contributed by atoms with E-state index in [1.807, 2.05) is 31.2 Å². The highest BCUT2D eigenvalue weighted by Gasteiger charge is 2.26. The van der Waals surface area contributed by atoms with Gasteiger partial charge in [0.1, 0.15) is 17.7 Å². The summed E-state index contributed by atoms with van der Waals surface area (Å²) in [6.45, 7) is 5.37. The van der Waals surface area contributed by atoms with Crippen molar-refractivity contribution in [2.75, 3.05) is 18.0 Å². The molecular formula is C24H31N3O2. The van der Waals surface area contributed by atoms with Gasteiger partial charge in [0.25, 0.3) is 0 Å². The lowest BCUT2D eigenvalue weighted by Crippen LogP contribution is -2.25. The topological polar surface area (TPSA) is 54.5 Å². The monoisotopic (exact) mass is 393 g/mol.